The molecule has 4 heteroatoms. The zero-order chi connectivity index (χ0) is 13.1. The number of hydrogen-bond donors (Lipinski definition) is 0. The third-order valence-corrected chi connectivity index (χ3v) is 3.40. The zero-order valence-corrected chi connectivity index (χ0v) is 11.4. The van der Waals surface area contributed by atoms with Crippen LogP contribution in [0.4, 0.5) is 5.82 Å². The van der Waals surface area contributed by atoms with Crippen LogP contribution >= 0.6 is 0 Å². The number of likely N-dealkylation sites (tertiary alicyclic amines) is 1. The van der Waals surface area contributed by atoms with Crippen molar-refractivity contribution >= 4 is 11.7 Å². The van der Waals surface area contributed by atoms with Gasteiger partial charge in [0.15, 0.2) is 0 Å². The molecule has 1 aromatic rings. The summed E-state index contributed by atoms with van der Waals surface area (Å²) in [6.45, 7) is 3.94. The second-order valence-corrected chi connectivity index (χ2v) is 5.30. The van der Waals surface area contributed by atoms with Crippen molar-refractivity contribution in [2.75, 3.05) is 32.1 Å². The zero-order valence-electron chi connectivity index (χ0n) is 11.4. The number of amides is 1. The summed E-state index contributed by atoms with van der Waals surface area (Å²) in [5.74, 6) is 1.59. The van der Waals surface area contributed by atoms with Crippen LogP contribution in [0.2, 0.25) is 0 Å². The Labute approximate surface area is 109 Å². The number of anilines is 1. The lowest BCUT2D eigenvalue weighted by molar-refractivity contribution is 0.0682. The molecular formula is C14H21N3O. The predicted molar refractivity (Wildman–Crippen MR) is 72.9 cm³/mol. The lowest BCUT2D eigenvalue weighted by Gasteiger charge is -2.31. The minimum atomic E-state index is 0.111. The summed E-state index contributed by atoms with van der Waals surface area (Å²) >= 11 is 0. The van der Waals surface area contributed by atoms with E-state index in [2.05, 4.69) is 11.9 Å². The summed E-state index contributed by atoms with van der Waals surface area (Å²) in [4.78, 5) is 20.5. The van der Waals surface area contributed by atoms with E-state index in [1.165, 1.54) is 6.42 Å². The van der Waals surface area contributed by atoms with Crippen LogP contribution in [-0.2, 0) is 0 Å². The average Bonchev–Trinajstić information content (AvgIpc) is 2.38. The molecule has 0 aliphatic carbocycles. The number of hydrogen-bond acceptors (Lipinski definition) is 3. The largest absolute Gasteiger partial charge is 0.363 e. The van der Waals surface area contributed by atoms with Gasteiger partial charge >= 0.3 is 0 Å². The molecule has 0 bridgehead atoms. The third kappa shape index (κ3) is 2.81. The molecule has 0 aromatic carbocycles. The number of nitrogens with zero attached hydrogens (tertiary/aromatic N) is 3. The van der Waals surface area contributed by atoms with E-state index in [1.807, 2.05) is 36.0 Å². The van der Waals surface area contributed by atoms with Gasteiger partial charge < -0.3 is 9.80 Å². The first kappa shape index (κ1) is 12.9. The van der Waals surface area contributed by atoms with Gasteiger partial charge in [-0.05, 0) is 30.9 Å². The monoisotopic (exact) mass is 247 g/mol. The Morgan fingerprint density at radius 1 is 1.44 bits per heavy atom. The van der Waals surface area contributed by atoms with Gasteiger partial charge in [-0.1, -0.05) is 6.92 Å². The highest BCUT2D eigenvalue weighted by atomic mass is 16.2. The Hall–Kier alpha value is -1.58. The van der Waals surface area contributed by atoms with E-state index >= 15 is 0 Å². The van der Waals surface area contributed by atoms with Crippen molar-refractivity contribution in [1.82, 2.24) is 9.88 Å². The number of carbonyl (C=O) groups excluding carboxylic acids is 1. The van der Waals surface area contributed by atoms with Crippen molar-refractivity contribution in [2.45, 2.75) is 19.8 Å². The number of rotatable bonds is 2. The minimum Gasteiger partial charge on any atom is -0.363 e. The highest BCUT2D eigenvalue weighted by molar-refractivity contribution is 5.94. The normalized spacial score (nSPS) is 19.7. The summed E-state index contributed by atoms with van der Waals surface area (Å²) < 4.78 is 0. The van der Waals surface area contributed by atoms with E-state index < -0.39 is 0 Å². The number of carbonyl (C=O) groups is 1. The Kier molecular flexibility index (Phi) is 3.84. The molecule has 0 spiro atoms. The van der Waals surface area contributed by atoms with Gasteiger partial charge in [0, 0.05) is 33.4 Å². The van der Waals surface area contributed by atoms with Gasteiger partial charge in [-0.15, -0.1) is 0 Å². The van der Waals surface area contributed by atoms with E-state index in [0.717, 1.165) is 25.3 Å². The summed E-state index contributed by atoms with van der Waals surface area (Å²) in [5.41, 5.74) is 0.690. The topological polar surface area (TPSA) is 36.4 Å². The molecule has 98 valence electrons. The maximum absolute atomic E-state index is 12.3. The van der Waals surface area contributed by atoms with Crippen LogP contribution in [0, 0.1) is 5.92 Å². The van der Waals surface area contributed by atoms with Crippen molar-refractivity contribution in [2.24, 2.45) is 5.92 Å². The van der Waals surface area contributed by atoms with Crippen molar-refractivity contribution < 1.29 is 4.79 Å². The highest BCUT2D eigenvalue weighted by Gasteiger charge is 2.22. The average molecular weight is 247 g/mol. The Bertz CT molecular complexity index is 414. The molecule has 1 aromatic heterocycles. The smallest absolute Gasteiger partial charge is 0.255 e. The molecule has 1 atom stereocenters. The second kappa shape index (κ2) is 5.38. The predicted octanol–water partition coefficient (Wildman–Crippen LogP) is 2.02. The lowest BCUT2D eigenvalue weighted by atomic mass is 10.00. The molecule has 1 amide bonds. The molecule has 1 aliphatic heterocycles. The summed E-state index contributed by atoms with van der Waals surface area (Å²) in [6.07, 6.45) is 4.01. The number of aromatic nitrogens is 1. The van der Waals surface area contributed by atoms with Crippen LogP contribution in [0.1, 0.15) is 30.1 Å². The molecule has 0 N–H and O–H groups in total. The minimum absolute atomic E-state index is 0.111. The molecular weight excluding hydrogens is 226 g/mol. The van der Waals surface area contributed by atoms with E-state index in [1.54, 1.807) is 6.20 Å². The van der Waals surface area contributed by atoms with Crippen molar-refractivity contribution in [1.29, 1.82) is 0 Å². The fourth-order valence-corrected chi connectivity index (χ4v) is 2.33. The maximum Gasteiger partial charge on any atom is 0.255 e. The summed E-state index contributed by atoms with van der Waals surface area (Å²) in [6, 6.07) is 3.75. The molecule has 1 fully saturated rings. The third-order valence-electron chi connectivity index (χ3n) is 3.40. The second-order valence-electron chi connectivity index (χ2n) is 5.30. The van der Waals surface area contributed by atoms with E-state index in [4.69, 9.17) is 0 Å². The lowest BCUT2D eigenvalue weighted by Crippen LogP contribution is -2.39. The van der Waals surface area contributed by atoms with Gasteiger partial charge in [0.25, 0.3) is 5.91 Å². The molecule has 2 heterocycles. The molecule has 1 unspecified atom stereocenters. The summed E-state index contributed by atoms with van der Waals surface area (Å²) in [5, 5.41) is 0. The standard InChI is InChI=1S/C14H21N3O/c1-11-5-4-8-17(10-11)14(18)12-6-7-13(15-9-12)16(2)3/h6-7,9,11H,4-5,8,10H2,1-3H3. The van der Waals surface area contributed by atoms with E-state index in [9.17, 15) is 4.79 Å². The Morgan fingerprint density at radius 3 is 2.78 bits per heavy atom. The quantitative estimate of drug-likeness (QED) is 0.802. The van der Waals surface area contributed by atoms with E-state index in [-0.39, 0.29) is 5.91 Å². The molecule has 4 nitrogen and oxygen atoms in total. The summed E-state index contributed by atoms with van der Waals surface area (Å²) in [7, 11) is 3.88. The number of piperidine rings is 1. The van der Waals surface area contributed by atoms with Crippen LogP contribution in [0.3, 0.4) is 0 Å². The fourth-order valence-electron chi connectivity index (χ4n) is 2.33. The van der Waals surface area contributed by atoms with Gasteiger partial charge in [0.05, 0.1) is 5.56 Å². The first-order chi connectivity index (χ1) is 8.58. The fraction of sp³-hybridized carbons (Fsp3) is 0.571. The van der Waals surface area contributed by atoms with Gasteiger partial charge in [-0.25, -0.2) is 4.98 Å². The van der Waals surface area contributed by atoms with Crippen LogP contribution in [0.15, 0.2) is 18.3 Å². The Morgan fingerprint density at radius 2 is 2.22 bits per heavy atom. The Balaban J connectivity index is 2.08. The van der Waals surface area contributed by atoms with E-state index in [0.29, 0.717) is 11.5 Å². The van der Waals surface area contributed by atoms with Gasteiger partial charge in [-0.2, -0.15) is 0 Å². The van der Waals surface area contributed by atoms with Crippen LogP contribution in [-0.4, -0.2) is 43.0 Å². The molecule has 18 heavy (non-hydrogen) atoms. The van der Waals surface area contributed by atoms with Crippen molar-refractivity contribution in [3.8, 4) is 0 Å². The molecule has 1 aliphatic rings. The van der Waals surface area contributed by atoms with Crippen LogP contribution in [0.25, 0.3) is 0 Å². The molecule has 1 saturated heterocycles. The van der Waals surface area contributed by atoms with Gasteiger partial charge in [-0.3, -0.25) is 4.79 Å². The SMILES string of the molecule is CC1CCCN(C(=O)c2ccc(N(C)C)nc2)C1. The highest BCUT2D eigenvalue weighted by Crippen LogP contribution is 2.18. The maximum atomic E-state index is 12.3. The van der Waals surface area contributed by atoms with Crippen LogP contribution < -0.4 is 4.90 Å². The van der Waals surface area contributed by atoms with Crippen LogP contribution in [0.5, 0.6) is 0 Å². The van der Waals surface area contributed by atoms with Gasteiger partial charge in [0.2, 0.25) is 0 Å². The van der Waals surface area contributed by atoms with Gasteiger partial charge in [0.1, 0.15) is 5.82 Å². The first-order valence-corrected chi connectivity index (χ1v) is 6.50. The van der Waals surface area contributed by atoms with Crippen molar-refractivity contribution in [3.05, 3.63) is 23.9 Å². The molecule has 0 saturated carbocycles. The molecule has 2 rings (SSSR count). The first-order valence-electron chi connectivity index (χ1n) is 6.50. The molecule has 0 radical (unpaired) electrons. The van der Waals surface area contributed by atoms with Crippen molar-refractivity contribution in [3.63, 3.8) is 0 Å². The number of pyridine rings is 1.